The number of aliphatic hydroxyl groups excluding tert-OH is 1. The van der Waals surface area contributed by atoms with Crippen LogP contribution in [0.1, 0.15) is 38.2 Å². The first-order chi connectivity index (χ1) is 21.5. The van der Waals surface area contributed by atoms with Gasteiger partial charge < -0.3 is 19.8 Å². The first kappa shape index (κ1) is 29.8. The number of aromatic nitrogens is 3. The van der Waals surface area contributed by atoms with Gasteiger partial charge in [-0.25, -0.2) is 22.0 Å². The molecule has 8 nitrogen and oxygen atoms in total. The van der Waals surface area contributed by atoms with Gasteiger partial charge in [0.1, 0.15) is 41.4 Å². The summed E-state index contributed by atoms with van der Waals surface area (Å²) in [7, 11) is 0. The van der Waals surface area contributed by atoms with Crippen LogP contribution in [0.15, 0.2) is 30.5 Å². The number of rotatable bonds is 7. The number of nitrogens with zero attached hydrogens (tertiary/aromatic N) is 5. The van der Waals surface area contributed by atoms with Crippen molar-refractivity contribution in [3.63, 3.8) is 0 Å². The normalized spacial score (nSPS) is 24.6. The van der Waals surface area contributed by atoms with Gasteiger partial charge in [-0.15, -0.1) is 0 Å². The maximum atomic E-state index is 16.7. The van der Waals surface area contributed by atoms with E-state index in [-0.39, 0.29) is 65.7 Å². The number of fused-ring (bicyclic) bond motifs is 3. The van der Waals surface area contributed by atoms with E-state index >= 15 is 4.39 Å². The monoisotopic (exact) mass is 629 g/mol. The molecule has 2 aromatic carbocycles. The van der Waals surface area contributed by atoms with E-state index in [0.29, 0.717) is 22.8 Å². The summed E-state index contributed by atoms with van der Waals surface area (Å²) < 4.78 is 81.2. The Morgan fingerprint density at radius 3 is 2.73 bits per heavy atom. The summed E-state index contributed by atoms with van der Waals surface area (Å²) in [5.74, 6) is -4.85. The van der Waals surface area contributed by atoms with Crippen molar-refractivity contribution < 1.29 is 36.9 Å². The van der Waals surface area contributed by atoms with Crippen LogP contribution < -0.4 is 9.64 Å². The van der Waals surface area contributed by atoms with Gasteiger partial charge >= 0.3 is 6.01 Å². The van der Waals surface area contributed by atoms with Crippen molar-refractivity contribution in [2.75, 3.05) is 37.7 Å². The van der Waals surface area contributed by atoms with Crippen LogP contribution in [0.3, 0.4) is 0 Å². The van der Waals surface area contributed by atoms with Gasteiger partial charge in [-0.2, -0.15) is 9.97 Å². The van der Waals surface area contributed by atoms with Crippen LogP contribution in [0, 0.1) is 11.6 Å². The Hall–Kier alpha value is -3.84. The number of alkyl halides is 3. The molecular formula is C32H32F5N5O3. The molecule has 238 valence electrons. The molecule has 3 fully saturated rings. The molecule has 0 saturated carbocycles. The Morgan fingerprint density at radius 1 is 1.13 bits per heavy atom. The zero-order chi connectivity index (χ0) is 31.7. The topological polar surface area (TPSA) is 94.8 Å². The molecule has 0 radical (unpaired) electrons. The molecule has 45 heavy (non-hydrogen) atoms. The average molecular weight is 630 g/mol. The van der Waals surface area contributed by atoms with Gasteiger partial charge in [-0.05, 0) is 60.3 Å². The van der Waals surface area contributed by atoms with E-state index in [2.05, 4.69) is 15.0 Å². The molecule has 0 amide bonds. The van der Waals surface area contributed by atoms with Crippen molar-refractivity contribution in [2.24, 2.45) is 0 Å². The van der Waals surface area contributed by atoms with Crippen LogP contribution in [0.25, 0.3) is 32.9 Å². The highest BCUT2D eigenvalue weighted by Crippen LogP contribution is 2.43. The standard InChI is InChI=1S/C32H32F5N5O3/c1-2-21-24(34)5-4-17-8-20(44)9-22(25(17)21)27-26(35)28-23(12-38-27)29(42-15-32(36,37)11-19(42)14-43)40-30(39-28)45-16-31-6-3-7-41(31)13-18(33)10-31/h4-5,8-9,12,18-19,43-44H,2-3,6-7,10-11,13-16H2,1H3/t18-,19+,31+/m1/s1. The molecule has 3 aliphatic rings. The van der Waals surface area contributed by atoms with Crippen molar-refractivity contribution in [2.45, 2.75) is 62.7 Å². The second-order valence-electron chi connectivity index (χ2n) is 12.4. The second-order valence-corrected chi connectivity index (χ2v) is 12.4. The molecule has 0 spiro atoms. The number of benzene rings is 2. The molecule has 5 heterocycles. The Bertz CT molecular complexity index is 1810. The van der Waals surface area contributed by atoms with Crippen molar-refractivity contribution in [1.82, 2.24) is 19.9 Å². The smallest absolute Gasteiger partial charge is 0.319 e. The fraction of sp³-hybridized carbons (Fsp3) is 0.469. The number of aryl methyl sites for hydroxylation is 1. The predicted molar refractivity (Wildman–Crippen MR) is 158 cm³/mol. The van der Waals surface area contributed by atoms with Crippen LogP contribution in [-0.2, 0) is 6.42 Å². The summed E-state index contributed by atoms with van der Waals surface area (Å²) in [5, 5.41) is 21.3. The lowest BCUT2D eigenvalue weighted by atomic mass is 9.94. The number of hydrogen-bond donors (Lipinski definition) is 2. The number of phenols is 1. The third-order valence-corrected chi connectivity index (χ3v) is 9.50. The summed E-state index contributed by atoms with van der Waals surface area (Å²) in [5.41, 5.74) is -0.654. The third kappa shape index (κ3) is 5.00. The fourth-order valence-electron chi connectivity index (χ4n) is 7.48. The molecule has 2 N–H and O–H groups in total. The number of phenolic OH excluding ortho intramolecular Hbond substituents is 1. The highest BCUT2D eigenvalue weighted by molar-refractivity contribution is 6.01. The maximum Gasteiger partial charge on any atom is 0.319 e. The zero-order valence-corrected chi connectivity index (χ0v) is 24.5. The fourth-order valence-corrected chi connectivity index (χ4v) is 7.48. The molecule has 3 atom stereocenters. The summed E-state index contributed by atoms with van der Waals surface area (Å²) >= 11 is 0. The Balaban J connectivity index is 1.40. The van der Waals surface area contributed by atoms with E-state index in [9.17, 15) is 27.8 Å². The Morgan fingerprint density at radius 2 is 1.96 bits per heavy atom. The van der Waals surface area contributed by atoms with Crippen molar-refractivity contribution >= 4 is 27.5 Å². The summed E-state index contributed by atoms with van der Waals surface area (Å²) in [6, 6.07) is 4.21. The number of pyridine rings is 1. The maximum absolute atomic E-state index is 16.7. The first-order valence-corrected chi connectivity index (χ1v) is 15.1. The molecule has 0 aliphatic carbocycles. The zero-order valence-electron chi connectivity index (χ0n) is 24.5. The van der Waals surface area contributed by atoms with Crippen molar-refractivity contribution in [1.29, 1.82) is 0 Å². The molecular weight excluding hydrogens is 597 g/mol. The Kier molecular flexibility index (Phi) is 7.23. The van der Waals surface area contributed by atoms with E-state index in [0.717, 1.165) is 13.0 Å². The lowest BCUT2D eigenvalue weighted by Gasteiger charge is -2.31. The number of hydrogen-bond acceptors (Lipinski definition) is 8. The van der Waals surface area contributed by atoms with Gasteiger partial charge in [0.15, 0.2) is 5.82 Å². The first-order valence-electron chi connectivity index (χ1n) is 15.1. The van der Waals surface area contributed by atoms with Gasteiger partial charge in [-0.3, -0.25) is 9.88 Å². The summed E-state index contributed by atoms with van der Waals surface area (Å²) in [6.45, 7) is 1.42. The lowest BCUT2D eigenvalue weighted by molar-refractivity contribution is 0.0201. The van der Waals surface area contributed by atoms with E-state index < -0.39 is 54.9 Å². The van der Waals surface area contributed by atoms with Gasteiger partial charge in [0.2, 0.25) is 0 Å². The van der Waals surface area contributed by atoms with E-state index in [1.54, 1.807) is 6.92 Å². The average Bonchev–Trinajstić information content (AvgIpc) is 3.64. The van der Waals surface area contributed by atoms with Crippen LogP contribution >= 0.6 is 0 Å². The van der Waals surface area contributed by atoms with Gasteiger partial charge in [-0.1, -0.05) is 13.0 Å². The second kappa shape index (κ2) is 10.9. The van der Waals surface area contributed by atoms with Crippen molar-refractivity contribution in [3.05, 3.63) is 47.7 Å². The minimum Gasteiger partial charge on any atom is -0.508 e. The van der Waals surface area contributed by atoms with E-state index in [1.165, 1.54) is 35.4 Å². The molecule has 3 saturated heterocycles. The Labute approximate surface area is 255 Å². The minimum absolute atomic E-state index is 0.0106. The van der Waals surface area contributed by atoms with Crippen LogP contribution in [-0.4, -0.2) is 86.6 Å². The molecule has 4 aromatic rings. The quantitative estimate of drug-likeness (QED) is 0.257. The van der Waals surface area contributed by atoms with Gasteiger partial charge in [0.05, 0.1) is 30.1 Å². The predicted octanol–water partition coefficient (Wildman–Crippen LogP) is 5.55. The number of aromatic hydroxyl groups is 1. The number of aliphatic hydroxyl groups is 1. The van der Waals surface area contributed by atoms with Gasteiger partial charge in [0.25, 0.3) is 5.92 Å². The van der Waals surface area contributed by atoms with E-state index in [1.807, 2.05) is 4.90 Å². The molecule has 0 unspecified atom stereocenters. The minimum atomic E-state index is -3.14. The SMILES string of the molecule is CCc1c(F)ccc2cc(O)cc(-c3ncc4c(N5CC(F)(F)C[C@H]5CO)nc(OC[C@@]56CCCN5C[C@H](F)C6)nc4c3F)c12. The molecule has 3 aliphatic heterocycles. The number of ether oxygens (including phenoxy) is 1. The van der Waals surface area contributed by atoms with E-state index in [4.69, 9.17) is 4.74 Å². The van der Waals surface area contributed by atoms with Gasteiger partial charge in [0, 0.05) is 31.1 Å². The highest BCUT2D eigenvalue weighted by Gasteiger charge is 2.50. The lowest BCUT2D eigenvalue weighted by Crippen LogP contribution is -2.43. The summed E-state index contributed by atoms with van der Waals surface area (Å²) in [4.78, 5) is 16.3. The number of anilines is 1. The summed E-state index contributed by atoms with van der Waals surface area (Å²) in [6.07, 6.45) is 1.72. The number of halogens is 5. The highest BCUT2D eigenvalue weighted by atomic mass is 19.3. The molecule has 7 rings (SSSR count). The van der Waals surface area contributed by atoms with Crippen molar-refractivity contribution in [3.8, 4) is 23.0 Å². The largest absolute Gasteiger partial charge is 0.508 e. The van der Waals surface area contributed by atoms with Crippen LogP contribution in [0.5, 0.6) is 11.8 Å². The molecule has 0 bridgehead atoms. The molecule has 2 aromatic heterocycles. The van der Waals surface area contributed by atoms with Crippen LogP contribution in [0.2, 0.25) is 0 Å². The molecule has 13 heteroatoms. The third-order valence-electron chi connectivity index (χ3n) is 9.50. The van der Waals surface area contributed by atoms with Crippen LogP contribution in [0.4, 0.5) is 27.8 Å².